The quantitative estimate of drug-likeness (QED) is 0.401. The minimum atomic E-state index is -0.117. The van der Waals surface area contributed by atoms with E-state index in [1.54, 1.807) is 7.28 Å². The molecule has 0 aliphatic heterocycles. The molecule has 0 aliphatic carbocycles. The van der Waals surface area contributed by atoms with Gasteiger partial charge in [-0.05, 0) is 6.42 Å². The average Bonchev–Trinajstić information content (AvgIpc) is 2.43. The highest BCUT2D eigenvalue weighted by atomic mass is 16.2. The van der Waals surface area contributed by atoms with Crippen LogP contribution in [0.1, 0.15) is 53.4 Å². The molecule has 0 saturated heterocycles. The number of amides is 2. The Bertz CT molecular complexity index is 374. The zero-order valence-corrected chi connectivity index (χ0v) is 15.0. The number of hydrogen-bond donors (Lipinski definition) is 2. The molecule has 0 atom stereocenters. The summed E-state index contributed by atoms with van der Waals surface area (Å²) in [7, 11) is 3.76. The molecular formula is C16H30B2N2O3. The second-order valence-electron chi connectivity index (χ2n) is 6.45. The van der Waals surface area contributed by atoms with Gasteiger partial charge in [-0.1, -0.05) is 45.6 Å². The number of hydrogen-bond acceptors (Lipinski definition) is 3. The van der Waals surface area contributed by atoms with E-state index in [1.165, 1.54) is 0 Å². The van der Waals surface area contributed by atoms with Gasteiger partial charge in [0.15, 0.2) is 0 Å². The Kier molecular flexibility index (Phi) is 12.5. The van der Waals surface area contributed by atoms with Crippen LogP contribution in [0.2, 0.25) is 18.0 Å². The predicted molar refractivity (Wildman–Crippen MR) is 96.0 cm³/mol. The SMILES string of the molecule is CC(C)[B]CCC(=O)NCCCNC(=O)CCC(=O)[B]C(C)C. The molecule has 0 aromatic rings. The van der Waals surface area contributed by atoms with Crippen LogP contribution in [0.5, 0.6) is 0 Å². The van der Waals surface area contributed by atoms with E-state index < -0.39 is 0 Å². The van der Waals surface area contributed by atoms with Gasteiger partial charge in [-0.2, -0.15) is 0 Å². The van der Waals surface area contributed by atoms with Crippen LogP contribution in [-0.4, -0.2) is 45.1 Å². The molecule has 2 radical (unpaired) electrons. The molecule has 2 amide bonds. The van der Waals surface area contributed by atoms with Crippen molar-refractivity contribution in [2.75, 3.05) is 13.1 Å². The molecule has 2 N–H and O–H groups in total. The van der Waals surface area contributed by atoms with E-state index in [0.717, 1.165) is 6.32 Å². The van der Waals surface area contributed by atoms with Gasteiger partial charge in [-0.25, -0.2) is 0 Å². The summed E-state index contributed by atoms with van der Waals surface area (Å²) in [6.07, 6.45) is 2.48. The van der Waals surface area contributed by atoms with Crippen LogP contribution in [0.3, 0.4) is 0 Å². The molecule has 7 heteroatoms. The monoisotopic (exact) mass is 320 g/mol. The Balaban J connectivity index is 3.51. The molecule has 0 saturated carbocycles. The Morgan fingerprint density at radius 2 is 1.39 bits per heavy atom. The maximum Gasteiger partial charge on any atom is 0.220 e. The first-order valence-corrected chi connectivity index (χ1v) is 8.55. The van der Waals surface area contributed by atoms with Crippen molar-refractivity contribution >= 4 is 32.1 Å². The highest BCUT2D eigenvalue weighted by Gasteiger charge is 2.10. The normalized spacial score (nSPS) is 10.5. The third-order valence-electron chi connectivity index (χ3n) is 3.13. The lowest BCUT2D eigenvalue weighted by molar-refractivity contribution is -0.123. The topological polar surface area (TPSA) is 75.3 Å². The van der Waals surface area contributed by atoms with Crippen molar-refractivity contribution < 1.29 is 14.4 Å². The number of carbonyl (C=O) groups is 3. The lowest BCUT2D eigenvalue weighted by atomic mass is 9.61. The van der Waals surface area contributed by atoms with Gasteiger partial charge in [0.2, 0.25) is 19.1 Å². The van der Waals surface area contributed by atoms with Crippen molar-refractivity contribution in [3.05, 3.63) is 0 Å². The lowest BCUT2D eigenvalue weighted by Crippen LogP contribution is -2.30. The van der Waals surface area contributed by atoms with Gasteiger partial charge in [0.25, 0.3) is 0 Å². The Hall–Kier alpha value is -1.26. The second-order valence-corrected chi connectivity index (χ2v) is 6.45. The lowest BCUT2D eigenvalue weighted by Gasteiger charge is -2.07. The molecule has 128 valence electrons. The highest BCUT2D eigenvalue weighted by Crippen LogP contribution is 2.02. The number of carbonyl (C=O) groups excluding carboxylic acids is 3. The van der Waals surface area contributed by atoms with Crippen LogP contribution in [-0.2, 0) is 14.4 Å². The van der Waals surface area contributed by atoms with E-state index in [-0.39, 0.29) is 36.2 Å². The summed E-state index contributed by atoms with van der Waals surface area (Å²) in [5.41, 5.74) is 0.0145. The fourth-order valence-corrected chi connectivity index (χ4v) is 1.96. The van der Waals surface area contributed by atoms with Crippen molar-refractivity contribution in [3.8, 4) is 0 Å². The summed E-state index contributed by atoms with van der Waals surface area (Å²) >= 11 is 0. The van der Waals surface area contributed by atoms with Crippen molar-refractivity contribution in [2.45, 2.75) is 71.3 Å². The molecule has 0 fully saturated rings. The Morgan fingerprint density at radius 1 is 0.826 bits per heavy atom. The smallest absolute Gasteiger partial charge is 0.220 e. The van der Waals surface area contributed by atoms with Crippen molar-refractivity contribution in [3.63, 3.8) is 0 Å². The van der Waals surface area contributed by atoms with Crippen LogP contribution in [0.15, 0.2) is 0 Å². The second kappa shape index (κ2) is 13.2. The third kappa shape index (κ3) is 15.4. The van der Waals surface area contributed by atoms with Crippen LogP contribution in [0, 0.1) is 0 Å². The molecular weight excluding hydrogens is 290 g/mol. The molecule has 0 unspecified atom stereocenters. The van der Waals surface area contributed by atoms with Crippen LogP contribution < -0.4 is 10.6 Å². The summed E-state index contributed by atoms with van der Waals surface area (Å²) in [5.74, 6) is 0.645. The molecule has 0 aliphatic rings. The highest BCUT2D eigenvalue weighted by molar-refractivity contribution is 6.74. The van der Waals surface area contributed by atoms with Gasteiger partial charge in [-0.3, -0.25) is 9.59 Å². The number of nitrogens with one attached hydrogen (secondary N) is 2. The van der Waals surface area contributed by atoms with E-state index in [9.17, 15) is 14.4 Å². The molecule has 0 aromatic heterocycles. The summed E-state index contributed by atoms with van der Waals surface area (Å²) < 4.78 is 0. The first-order valence-electron chi connectivity index (χ1n) is 8.55. The van der Waals surface area contributed by atoms with Crippen LogP contribution in [0.4, 0.5) is 0 Å². The van der Waals surface area contributed by atoms with E-state index in [2.05, 4.69) is 31.8 Å². The average molecular weight is 320 g/mol. The van der Waals surface area contributed by atoms with E-state index in [0.29, 0.717) is 31.7 Å². The minimum Gasteiger partial charge on any atom is -0.356 e. The van der Waals surface area contributed by atoms with E-state index >= 15 is 0 Å². The van der Waals surface area contributed by atoms with Gasteiger partial charge in [-0.15, -0.1) is 0 Å². The van der Waals surface area contributed by atoms with Crippen LogP contribution >= 0.6 is 0 Å². The van der Waals surface area contributed by atoms with E-state index in [4.69, 9.17) is 0 Å². The summed E-state index contributed by atoms with van der Waals surface area (Å²) in [4.78, 5) is 34.5. The zero-order chi connectivity index (χ0) is 17.7. The van der Waals surface area contributed by atoms with E-state index in [1.807, 2.05) is 13.8 Å². The largest absolute Gasteiger partial charge is 0.356 e. The van der Waals surface area contributed by atoms with Crippen LogP contribution in [0.25, 0.3) is 0 Å². The molecule has 5 nitrogen and oxygen atoms in total. The van der Waals surface area contributed by atoms with Gasteiger partial charge >= 0.3 is 0 Å². The van der Waals surface area contributed by atoms with Crippen molar-refractivity contribution in [1.29, 1.82) is 0 Å². The first kappa shape index (κ1) is 21.7. The maximum absolute atomic E-state index is 11.6. The van der Waals surface area contributed by atoms with Gasteiger partial charge < -0.3 is 15.4 Å². The molecule has 0 heterocycles. The standard InChI is InChI=1S/C16H30B2N2O3/c1-12(2)17-9-8-16(23)20-11-5-10-19-15(22)7-6-14(21)18-13(3)4/h12-13H,5-11H2,1-4H3,(H,19,22)(H,20,23). The zero-order valence-electron chi connectivity index (χ0n) is 15.0. The fourth-order valence-electron chi connectivity index (χ4n) is 1.96. The molecule has 0 bridgehead atoms. The Morgan fingerprint density at radius 3 is 1.91 bits per heavy atom. The molecule has 23 heavy (non-hydrogen) atoms. The van der Waals surface area contributed by atoms with Gasteiger partial charge in [0, 0.05) is 32.4 Å². The summed E-state index contributed by atoms with van der Waals surface area (Å²) in [5, 5.41) is 5.59. The van der Waals surface area contributed by atoms with Gasteiger partial charge in [0.1, 0.15) is 7.28 Å². The van der Waals surface area contributed by atoms with Gasteiger partial charge in [0.05, 0.1) is 5.68 Å². The maximum atomic E-state index is 11.6. The van der Waals surface area contributed by atoms with Crippen molar-refractivity contribution in [2.24, 2.45) is 0 Å². The number of rotatable bonds is 13. The summed E-state index contributed by atoms with van der Waals surface area (Å²) in [6.45, 7) is 9.13. The Labute approximate surface area is 142 Å². The molecule has 0 spiro atoms. The third-order valence-corrected chi connectivity index (χ3v) is 3.13. The molecule has 0 rings (SSSR count). The predicted octanol–water partition coefficient (Wildman–Crippen LogP) is 1.79. The first-order chi connectivity index (χ1) is 10.8. The van der Waals surface area contributed by atoms with Crippen molar-refractivity contribution in [1.82, 2.24) is 10.6 Å². The molecule has 0 aromatic carbocycles. The summed E-state index contributed by atoms with van der Waals surface area (Å²) in [6, 6.07) is 0. The fraction of sp³-hybridized carbons (Fsp3) is 0.812. The minimum absolute atomic E-state index is 0.0145.